The molecule has 15 heavy (non-hydrogen) atoms. The quantitative estimate of drug-likeness (QED) is 0.719. The molecule has 2 amide bonds. The largest absolute Gasteiger partial charge is 0.338 e. The smallest absolute Gasteiger partial charge is 0.317 e. The third-order valence-corrected chi connectivity index (χ3v) is 4.48. The molecular formula is C9H16N2O3S. The molecule has 1 saturated heterocycles. The molecule has 0 spiro atoms. The summed E-state index contributed by atoms with van der Waals surface area (Å²) in [7, 11) is -2.89. The molecule has 1 aliphatic carbocycles. The minimum Gasteiger partial charge on any atom is -0.338 e. The van der Waals surface area contributed by atoms with Crippen molar-refractivity contribution in [2.45, 2.75) is 12.8 Å². The fourth-order valence-corrected chi connectivity index (χ4v) is 2.78. The van der Waals surface area contributed by atoms with E-state index in [0.29, 0.717) is 19.0 Å². The van der Waals surface area contributed by atoms with E-state index in [1.54, 1.807) is 4.90 Å². The fraction of sp³-hybridized carbons (Fsp3) is 0.889. The van der Waals surface area contributed by atoms with Crippen molar-refractivity contribution >= 4 is 15.9 Å². The second-order valence-corrected chi connectivity index (χ2v) is 6.57. The van der Waals surface area contributed by atoms with Crippen LogP contribution < -0.4 is 5.32 Å². The minimum absolute atomic E-state index is 0.101. The Kier molecular flexibility index (Phi) is 2.86. The van der Waals surface area contributed by atoms with Crippen LogP contribution in [0.4, 0.5) is 4.79 Å². The van der Waals surface area contributed by atoms with Crippen LogP contribution in [0.15, 0.2) is 0 Å². The number of sulfone groups is 1. The van der Waals surface area contributed by atoms with E-state index in [9.17, 15) is 13.2 Å². The maximum Gasteiger partial charge on any atom is 0.317 e. The third kappa shape index (κ3) is 3.09. The maximum atomic E-state index is 11.6. The molecule has 2 rings (SSSR count). The van der Waals surface area contributed by atoms with Gasteiger partial charge in [-0.05, 0) is 18.8 Å². The van der Waals surface area contributed by atoms with Gasteiger partial charge in [0.05, 0.1) is 11.5 Å². The molecule has 2 aliphatic rings. The molecule has 5 nitrogen and oxygen atoms in total. The van der Waals surface area contributed by atoms with Crippen LogP contribution in [-0.2, 0) is 9.84 Å². The number of nitrogens with one attached hydrogen (secondary N) is 1. The molecule has 0 atom stereocenters. The third-order valence-electron chi connectivity index (χ3n) is 2.87. The number of hydrogen-bond acceptors (Lipinski definition) is 3. The molecule has 0 aromatic rings. The van der Waals surface area contributed by atoms with Gasteiger partial charge in [-0.2, -0.15) is 0 Å². The molecular weight excluding hydrogens is 216 g/mol. The van der Waals surface area contributed by atoms with E-state index in [1.165, 1.54) is 12.8 Å². The molecule has 0 aromatic heterocycles. The summed E-state index contributed by atoms with van der Waals surface area (Å²) in [6, 6.07) is -0.114. The lowest BCUT2D eigenvalue weighted by molar-refractivity contribution is 0.202. The van der Waals surface area contributed by atoms with E-state index in [0.717, 1.165) is 6.54 Å². The predicted octanol–water partition coefficient (Wildman–Crippen LogP) is -0.164. The molecule has 0 bridgehead atoms. The molecule has 1 heterocycles. The van der Waals surface area contributed by atoms with Gasteiger partial charge in [0.1, 0.15) is 0 Å². The van der Waals surface area contributed by atoms with Crippen LogP contribution >= 0.6 is 0 Å². The highest BCUT2D eigenvalue weighted by molar-refractivity contribution is 7.91. The minimum atomic E-state index is -2.89. The van der Waals surface area contributed by atoms with Gasteiger partial charge in [-0.1, -0.05) is 0 Å². The summed E-state index contributed by atoms with van der Waals surface area (Å²) in [6.07, 6.45) is 2.41. The van der Waals surface area contributed by atoms with Crippen molar-refractivity contribution < 1.29 is 13.2 Å². The Balaban J connectivity index is 1.76. The average molecular weight is 232 g/mol. The van der Waals surface area contributed by atoms with Crippen LogP contribution in [0.2, 0.25) is 0 Å². The second kappa shape index (κ2) is 4.00. The number of amides is 2. The van der Waals surface area contributed by atoms with Gasteiger partial charge < -0.3 is 10.2 Å². The Labute approximate surface area is 89.7 Å². The van der Waals surface area contributed by atoms with Crippen LogP contribution in [-0.4, -0.2) is 50.5 Å². The van der Waals surface area contributed by atoms with Crippen LogP contribution in [0.5, 0.6) is 0 Å². The number of carbonyl (C=O) groups is 1. The van der Waals surface area contributed by atoms with E-state index in [2.05, 4.69) is 5.32 Å². The van der Waals surface area contributed by atoms with Crippen molar-refractivity contribution in [3.63, 3.8) is 0 Å². The van der Waals surface area contributed by atoms with Gasteiger partial charge >= 0.3 is 6.03 Å². The van der Waals surface area contributed by atoms with Crippen molar-refractivity contribution in [3.8, 4) is 0 Å². The molecule has 1 aliphatic heterocycles. The summed E-state index contributed by atoms with van der Waals surface area (Å²) in [4.78, 5) is 13.1. The highest BCUT2D eigenvalue weighted by atomic mass is 32.2. The Morgan fingerprint density at radius 3 is 2.40 bits per heavy atom. The monoisotopic (exact) mass is 232 g/mol. The van der Waals surface area contributed by atoms with Crippen LogP contribution in [0.3, 0.4) is 0 Å². The lowest BCUT2D eigenvalue weighted by atomic mass is 10.4. The van der Waals surface area contributed by atoms with Crippen LogP contribution in [0, 0.1) is 5.92 Å². The molecule has 1 saturated carbocycles. The molecule has 0 unspecified atom stereocenters. The molecule has 0 aromatic carbocycles. The fourth-order valence-electron chi connectivity index (χ4n) is 1.58. The summed E-state index contributed by atoms with van der Waals surface area (Å²) in [6.45, 7) is 1.40. The lowest BCUT2D eigenvalue weighted by Gasteiger charge is -2.26. The molecule has 0 radical (unpaired) electrons. The number of nitrogens with zero attached hydrogens (tertiary/aromatic N) is 1. The van der Waals surface area contributed by atoms with Gasteiger partial charge in [-0.25, -0.2) is 13.2 Å². The molecule has 6 heteroatoms. The average Bonchev–Trinajstić information content (AvgIpc) is 2.97. The van der Waals surface area contributed by atoms with Crippen LogP contribution in [0.25, 0.3) is 0 Å². The first-order valence-corrected chi connectivity index (χ1v) is 7.12. The zero-order valence-corrected chi connectivity index (χ0v) is 9.42. The summed E-state index contributed by atoms with van der Waals surface area (Å²) in [5.41, 5.74) is 0. The first kappa shape index (κ1) is 10.7. The number of urea groups is 1. The Morgan fingerprint density at radius 2 is 1.87 bits per heavy atom. The van der Waals surface area contributed by atoms with Gasteiger partial charge in [0, 0.05) is 19.6 Å². The number of carbonyl (C=O) groups excluding carboxylic acids is 1. The number of hydrogen-bond donors (Lipinski definition) is 1. The zero-order valence-electron chi connectivity index (χ0n) is 8.61. The summed E-state index contributed by atoms with van der Waals surface area (Å²) >= 11 is 0. The van der Waals surface area contributed by atoms with Gasteiger partial charge in [-0.15, -0.1) is 0 Å². The van der Waals surface area contributed by atoms with Gasteiger partial charge in [0.2, 0.25) is 0 Å². The molecule has 2 fully saturated rings. The Morgan fingerprint density at radius 1 is 1.27 bits per heavy atom. The van der Waals surface area contributed by atoms with E-state index in [-0.39, 0.29) is 17.5 Å². The van der Waals surface area contributed by atoms with E-state index >= 15 is 0 Å². The standard InChI is InChI=1S/C9H16N2O3S/c12-9(10-7-8-1-2-8)11-3-5-15(13,14)6-4-11/h8H,1-7H2,(H,10,12). The Bertz CT molecular complexity index is 334. The van der Waals surface area contributed by atoms with Crippen LogP contribution in [0.1, 0.15) is 12.8 Å². The highest BCUT2D eigenvalue weighted by Gasteiger charge is 2.26. The summed E-state index contributed by atoms with van der Waals surface area (Å²) < 4.78 is 22.3. The maximum absolute atomic E-state index is 11.6. The first-order chi connectivity index (χ1) is 7.07. The number of rotatable bonds is 2. The van der Waals surface area contributed by atoms with Crippen molar-refractivity contribution in [2.24, 2.45) is 5.92 Å². The van der Waals surface area contributed by atoms with Crippen molar-refractivity contribution in [2.75, 3.05) is 31.1 Å². The zero-order chi connectivity index (χ0) is 10.9. The lowest BCUT2D eigenvalue weighted by Crippen LogP contribution is -2.48. The van der Waals surface area contributed by atoms with Gasteiger partial charge in [0.25, 0.3) is 0 Å². The van der Waals surface area contributed by atoms with Gasteiger partial charge in [0.15, 0.2) is 9.84 Å². The van der Waals surface area contributed by atoms with E-state index in [1.807, 2.05) is 0 Å². The van der Waals surface area contributed by atoms with Crippen molar-refractivity contribution in [1.29, 1.82) is 0 Å². The summed E-state index contributed by atoms with van der Waals surface area (Å²) in [5, 5.41) is 2.83. The predicted molar refractivity (Wildman–Crippen MR) is 56.3 cm³/mol. The first-order valence-electron chi connectivity index (χ1n) is 5.30. The normalized spacial score (nSPS) is 24.9. The van der Waals surface area contributed by atoms with Crippen molar-refractivity contribution in [1.82, 2.24) is 10.2 Å². The topological polar surface area (TPSA) is 66.5 Å². The molecule has 86 valence electrons. The second-order valence-electron chi connectivity index (χ2n) is 4.27. The highest BCUT2D eigenvalue weighted by Crippen LogP contribution is 2.27. The summed E-state index contributed by atoms with van der Waals surface area (Å²) in [5.74, 6) is 0.857. The van der Waals surface area contributed by atoms with E-state index in [4.69, 9.17) is 0 Å². The van der Waals surface area contributed by atoms with Crippen molar-refractivity contribution in [3.05, 3.63) is 0 Å². The SMILES string of the molecule is O=C(NCC1CC1)N1CCS(=O)(=O)CC1. The van der Waals surface area contributed by atoms with E-state index < -0.39 is 9.84 Å². The van der Waals surface area contributed by atoms with Gasteiger partial charge in [-0.3, -0.25) is 0 Å². The Hall–Kier alpha value is -0.780. The molecule has 1 N–H and O–H groups in total.